The van der Waals surface area contributed by atoms with Crippen LogP contribution < -0.4 is 5.73 Å². The van der Waals surface area contributed by atoms with Gasteiger partial charge in [-0.1, -0.05) is 15.9 Å². The van der Waals surface area contributed by atoms with Gasteiger partial charge in [-0.05, 0) is 40.3 Å². The van der Waals surface area contributed by atoms with Gasteiger partial charge in [-0.3, -0.25) is 0 Å². The van der Waals surface area contributed by atoms with E-state index in [9.17, 15) is 13.2 Å². The molecular formula is C8H6BrF3IN. The Morgan fingerprint density at radius 2 is 1.93 bits per heavy atom. The van der Waals surface area contributed by atoms with Crippen molar-refractivity contribution in [1.82, 2.24) is 0 Å². The number of rotatable bonds is 1. The van der Waals surface area contributed by atoms with Gasteiger partial charge in [0.2, 0.25) is 0 Å². The topological polar surface area (TPSA) is 26.0 Å². The van der Waals surface area contributed by atoms with Gasteiger partial charge in [-0.25, -0.2) is 0 Å². The summed E-state index contributed by atoms with van der Waals surface area (Å²) in [5.41, 5.74) is 5.21. The van der Waals surface area contributed by atoms with E-state index in [0.29, 0.717) is 10.0 Å². The van der Waals surface area contributed by atoms with Crippen LogP contribution in [0.4, 0.5) is 13.2 Å². The van der Waals surface area contributed by atoms with Gasteiger partial charge in [-0.15, -0.1) is 0 Å². The van der Waals surface area contributed by atoms with Crippen molar-refractivity contribution in [2.24, 2.45) is 5.73 Å². The first-order valence-electron chi connectivity index (χ1n) is 3.62. The molecule has 0 aromatic heterocycles. The van der Waals surface area contributed by atoms with Crippen LogP contribution in [0.1, 0.15) is 11.1 Å². The highest BCUT2D eigenvalue weighted by Crippen LogP contribution is 2.36. The Morgan fingerprint density at radius 3 is 2.36 bits per heavy atom. The summed E-state index contributed by atoms with van der Waals surface area (Å²) in [6.07, 6.45) is -4.32. The van der Waals surface area contributed by atoms with Crippen LogP contribution in [0, 0.1) is 3.57 Å². The average Bonchev–Trinajstić information content (AvgIpc) is 2.02. The molecule has 0 spiro atoms. The van der Waals surface area contributed by atoms with Crippen molar-refractivity contribution < 1.29 is 13.2 Å². The number of alkyl halides is 3. The molecule has 0 amide bonds. The van der Waals surface area contributed by atoms with E-state index < -0.39 is 11.7 Å². The summed E-state index contributed by atoms with van der Waals surface area (Å²) in [4.78, 5) is 0. The molecule has 1 nitrogen and oxygen atoms in total. The van der Waals surface area contributed by atoms with Crippen LogP contribution in [-0.4, -0.2) is 0 Å². The first-order chi connectivity index (χ1) is 6.38. The molecule has 0 heterocycles. The predicted octanol–water partition coefficient (Wildman–Crippen LogP) is 3.53. The number of benzene rings is 1. The van der Waals surface area contributed by atoms with Crippen LogP contribution in [0.25, 0.3) is 0 Å². The van der Waals surface area contributed by atoms with Gasteiger partial charge >= 0.3 is 6.18 Å². The number of nitrogens with two attached hydrogens (primary N) is 1. The minimum Gasteiger partial charge on any atom is -0.326 e. The SMILES string of the molecule is NCc1c(Br)ccc(C(F)(F)F)c1I. The summed E-state index contributed by atoms with van der Waals surface area (Å²) in [5, 5.41) is 0. The summed E-state index contributed by atoms with van der Waals surface area (Å²) < 4.78 is 38.1. The van der Waals surface area contributed by atoms with Crippen molar-refractivity contribution in [3.8, 4) is 0 Å². The molecule has 1 rings (SSSR count). The minimum absolute atomic E-state index is 0.0861. The van der Waals surface area contributed by atoms with Crippen LogP contribution in [0.2, 0.25) is 0 Å². The van der Waals surface area contributed by atoms with Gasteiger partial charge in [0.1, 0.15) is 0 Å². The van der Waals surface area contributed by atoms with Crippen molar-refractivity contribution in [2.75, 3.05) is 0 Å². The zero-order valence-corrected chi connectivity index (χ0v) is 10.6. The molecule has 1 aromatic rings. The molecule has 0 aliphatic rings. The van der Waals surface area contributed by atoms with E-state index >= 15 is 0 Å². The van der Waals surface area contributed by atoms with Crippen LogP contribution in [0.3, 0.4) is 0 Å². The van der Waals surface area contributed by atoms with Crippen molar-refractivity contribution >= 4 is 38.5 Å². The van der Waals surface area contributed by atoms with Crippen molar-refractivity contribution in [3.63, 3.8) is 0 Å². The lowest BCUT2D eigenvalue weighted by molar-refractivity contribution is -0.138. The van der Waals surface area contributed by atoms with E-state index in [0.717, 1.165) is 6.07 Å². The maximum atomic E-state index is 12.4. The first-order valence-corrected chi connectivity index (χ1v) is 5.49. The molecule has 0 saturated heterocycles. The van der Waals surface area contributed by atoms with E-state index in [1.165, 1.54) is 6.07 Å². The Kier molecular flexibility index (Phi) is 3.81. The maximum Gasteiger partial charge on any atom is 0.417 e. The van der Waals surface area contributed by atoms with Gasteiger partial charge in [-0.2, -0.15) is 13.2 Å². The minimum atomic E-state index is -4.32. The van der Waals surface area contributed by atoms with Gasteiger partial charge in [0.25, 0.3) is 0 Å². The molecule has 1 aromatic carbocycles. The molecule has 0 radical (unpaired) electrons. The molecule has 0 saturated carbocycles. The lowest BCUT2D eigenvalue weighted by Gasteiger charge is -2.13. The van der Waals surface area contributed by atoms with Gasteiger partial charge in [0, 0.05) is 14.6 Å². The normalized spacial score (nSPS) is 11.9. The zero-order chi connectivity index (χ0) is 10.9. The molecule has 2 N–H and O–H groups in total. The van der Waals surface area contributed by atoms with Crippen LogP contribution in [0.15, 0.2) is 16.6 Å². The summed E-state index contributed by atoms with van der Waals surface area (Å²) in [7, 11) is 0. The molecule has 78 valence electrons. The summed E-state index contributed by atoms with van der Waals surface area (Å²) in [5.74, 6) is 0. The standard InChI is InChI=1S/C8H6BrF3IN/c9-6-2-1-5(8(10,11)12)7(13)4(6)3-14/h1-2H,3,14H2. The molecular weight excluding hydrogens is 374 g/mol. The molecule has 14 heavy (non-hydrogen) atoms. The third-order valence-electron chi connectivity index (χ3n) is 1.70. The Morgan fingerprint density at radius 1 is 1.36 bits per heavy atom. The third-order valence-corrected chi connectivity index (χ3v) is 3.67. The predicted molar refractivity (Wildman–Crippen MR) is 59.8 cm³/mol. The fourth-order valence-electron chi connectivity index (χ4n) is 1.00. The second-order valence-electron chi connectivity index (χ2n) is 2.59. The lowest BCUT2D eigenvalue weighted by atomic mass is 10.1. The maximum absolute atomic E-state index is 12.4. The molecule has 6 heteroatoms. The smallest absolute Gasteiger partial charge is 0.326 e. The molecule has 0 bridgehead atoms. The Hall–Kier alpha value is 0.180. The highest BCUT2D eigenvalue weighted by Gasteiger charge is 2.33. The zero-order valence-electron chi connectivity index (χ0n) is 6.83. The van der Waals surface area contributed by atoms with E-state index in [-0.39, 0.29) is 10.1 Å². The molecule has 0 aliphatic heterocycles. The summed E-state index contributed by atoms with van der Waals surface area (Å²) in [6, 6.07) is 2.41. The van der Waals surface area contributed by atoms with Crippen molar-refractivity contribution in [3.05, 3.63) is 31.3 Å². The van der Waals surface area contributed by atoms with Crippen molar-refractivity contribution in [2.45, 2.75) is 12.7 Å². The molecule has 0 atom stereocenters. The second kappa shape index (κ2) is 4.36. The van der Waals surface area contributed by atoms with E-state index in [4.69, 9.17) is 5.73 Å². The average molecular weight is 380 g/mol. The Balaban J connectivity index is 3.36. The van der Waals surface area contributed by atoms with E-state index in [2.05, 4.69) is 15.9 Å². The van der Waals surface area contributed by atoms with Crippen LogP contribution >= 0.6 is 38.5 Å². The molecule has 0 unspecified atom stereocenters. The fraction of sp³-hybridized carbons (Fsp3) is 0.250. The first kappa shape index (κ1) is 12.3. The fourth-order valence-corrected chi connectivity index (χ4v) is 2.86. The van der Waals surface area contributed by atoms with E-state index in [1.54, 1.807) is 22.6 Å². The van der Waals surface area contributed by atoms with Gasteiger partial charge in [0.05, 0.1) is 5.56 Å². The summed E-state index contributed by atoms with van der Waals surface area (Å²) >= 11 is 4.82. The molecule has 0 aliphatic carbocycles. The molecule has 0 fully saturated rings. The Labute approximate surface area is 101 Å². The Bertz CT molecular complexity index is 351. The number of hydrogen-bond acceptors (Lipinski definition) is 1. The summed E-state index contributed by atoms with van der Waals surface area (Å²) in [6.45, 7) is 0.0861. The van der Waals surface area contributed by atoms with Gasteiger partial charge in [0.15, 0.2) is 0 Å². The quantitative estimate of drug-likeness (QED) is 0.742. The number of hydrogen-bond donors (Lipinski definition) is 1. The highest BCUT2D eigenvalue weighted by atomic mass is 127. The lowest BCUT2D eigenvalue weighted by Crippen LogP contribution is -2.11. The van der Waals surface area contributed by atoms with Gasteiger partial charge < -0.3 is 5.73 Å². The second-order valence-corrected chi connectivity index (χ2v) is 4.52. The largest absolute Gasteiger partial charge is 0.417 e. The monoisotopic (exact) mass is 379 g/mol. The van der Waals surface area contributed by atoms with E-state index in [1.807, 2.05) is 0 Å². The number of halogens is 5. The highest BCUT2D eigenvalue weighted by molar-refractivity contribution is 14.1. The third kappa shape index (κ3) is 2.40. The van der Waals surface area contributed by atoms with Crippen LogP contribution in [-0.2, 0) is 12.7 Å². The van der Waals surface area contributed by atoms with Crippen LogP contribution in [0.5, 0.6) is 0 Å². The van der Waals surface area contributed by atoms with Crippen molar-refractivity contribution in [1.29, 1.82) is 0 Å².